The van der Waals surface area contributed by atoms with E-state index in [9.17, 15) is 0 Å². The highest BCUT2D eigenvalue weighted by Crippen LogP contribution is 2.41. The molecule has 0 radical (unpaired) electrons. The molecule has 0 N–H and O–H groups in total. The molecule has 1 aromatic rings. The van der Waals surface area contributed by atoms with Crippen LogP contribution in [0.3, 0.4) is 0 Å². The van der Waals surface area contributed by atoms with Gasteiger partial charge in [0.25, 0.3) is 0 Å². The zero-order valence-corrected chi connectivity index (χ0v) is 10.3. The fraction of sp³-hybridized carbons (Fsp3) is 0.188. The van der Waals surface area contributed by atoms with Crippen LogP contribution in [0.4, 0.5) is 0 Å². The normalized spacial score (nSPS) is 27.3. The van der Waals surface area contributed by atoms with Crippen molar-refractivity contribution in [2.45, 2.75) is 18.9 Å². The predicted molar refractivity (Wildman–Crippen MR) is 74.1 cm³/mol. The number of benzene rings is 1. The fourth-order valence-electron chi connectivity index (χ4n) is 2.95. The molecule has 1 aliphatic carbocycles. The number of fused-ring (bicyclic) bond motifs is 5. The van der Waals surface area contributed by atoms with E-state index in [1.165, 1.54) is 16.8 Å². The number of aliphatic imine (C=N–C) groups is 1. The van der Waals surface area contributed by atoms with Crippen molar-refractivity contribution in [3.8, 4) is 0 Å². The number of allylic oxidation sites excluding steroid dienone is 2. The summed E-state index contributed by atoms with van der Waals surface area (Å²) >= 11 is 0. The van der Waals surface area contributed by atoms with Gasteiger partial charge in [-0.3, -0.25) is 0 Å². The zero-order valence-electron chi connectivity index (χ0n) is 10.3. The monoisotopic (exact) mass is 234 g/mol. The van der Waals surface area contributed by atoms with Crippen molar-refractivity contribution in [2.75, 3.05) is 0 Å². The number of hydrogen-bond acceptors (Lipinski definition) is 2. The molecule has 0 spiro atoms. The van der Waals surface area contributed by atoms with Crippen LogP contribution in [-0.2, 0) is 0 Å². The number of amidine groups is 1. The summed E-state index contributed by atoms with van der Waals surface area (Å²) in [5, 5.41) is 0. The van der Waals surface area contributed by atoms with Gasteiger partial charge >= 0.3 is 0 Å². The molecule has 1 atom stereocenters. The van der Waals surface area contributed by atoms with Crippen LogP contribution in [-0.4, -0.2) is 16.3 Å². The van der Waals surface area contributed by atoms with Crippen LogP contribution in [0.2, 0.25) is 0 Å². The van der Waals surface area contributed by atoms with Crippen molar-refractivity contribution in [1.29, 1.82) is 0 Å². The standard InChI is InChI=1S/C16H14N2/c1-16-10-5-4-8-14(16)17-15-13-7-3-2-6-12(13)9-11-18(15)16/h2-9,11H,10H2,1H3. The van der Waals surface area contributed by atoms with Gasteiger partial charge in [0.15, 0.2) is 0 Å². The van der Waals surface area contributed by atoms with Crippen molar-refractivity contribution in [1.82, 2.24) is 4.90 Å². The van der Waals surface area contributed by atoms with Crippen molar-refractivity contribution in [3.63, 3.8) is 0 Å². The molecule has 0 saturated carbocycles. The summed E-state index contributed by atoms with van der Waals surface area (Å²) in [6.45, 7) is 2.26. The van der Waals surface area contributed by atoms with Crippen LogP contribution in [0.1, 0.15) is 24.5 Å². The lowest BCUT2D eigenvalue weighted by Gasteiger charge is -2.37. The molecule has 2 aliphatic heterocycles. The lowest BCUT2D eigenvalue weighted by atomic mass is 9.88. The third-order valence-electron chi connectivity index (χ3n) is 4.05. The Bertz CT molecular complexity index is 649. The molecule has 0 fully saturated rings. The smallest absolute Gasteiger partial charge is 0.141 e. The maximum atomic E-state index is 4.85. The first-order valence-electron chi connectivity index (χ1n) is 6.32. The highest BCUT2D eigenvalue weighted by molar-refractivity contribution is 6.07. The average molecular weight is 234 g/mol. The van der Waals surface area contributed by atoms with Gasteiger partial charge in [0.05, 0.1) is 11.2 Å². The van der Waals surface area contributed by atoms with Crippen molar-refractivity contribution >= 4 is 11.9 Å². The topological polar surface area (TPSA) is 15.6 Å². The molecule has 2 heteroatoms. The Labute approximate surface area is 107 Å². The molecule has 88 valence electrons. The maximum Gasteiger partial charge on any atom is 0.141 e. The van der Waals surface area contributed by atoms with Gasteiger partial charge < -0.3 is 4.90 Å². The minimum atomic E-state index is -0.00584. The zero-order chi connectivity index (χ0) is 12.2. The molecule has 1 aromatic carbocycles. The van der Waals surface area contributed by atoms with Gasteiger partial charge in [-0.1, -0.05) is 36.4 Å². The molecular weight excluding hydrogens is 220 g/mol. The SMILES string of the molecule is CC12CC=CC=C1N=C1c3ccccc3C=CN12. The van der Waals surface area contributed by atoms with Crippen molar-refractivity contribution < 1.29 is 0 Å². The highest BCUT2D eigenvalue weighted by atomic mass is 15.3. The van der Waals surface area contributed by atoms with Crippen LogP contribution in [0, 0.1) is 0 Å². The molecule has 2 nitrogen and oxygen atoms in total. The molecule has 0 saturated heterocycles. The summed E-state index contributed by atoms with van der Waals surface area (Å²) in [6.07, 6.45) is 11.8. The molecule has 4 rings (SSSR count). The van der Waals surface area contributed by atoms with E-state index in [1.807, 2.05) is 0 Å². The number of hydrogen-bond donors (Lipinski definition) is 0. The molecule has 0 bridgehead atoms. The summed E-state index contributed by atoms with van der Waals surface area (Å²) in [5.74, 6) is 1.09. The van der Waals surface area contributed by atoms with E-state index in [0.29, 0.717) is 0 Å². The van der Waals surface area contributed by atoms with Crippen LogP contribution in [0.25, 0.3) is 6.08 Å². The Balaban J connectivity index is 1.95. The van der Waals surface area contributed by atoms with Gasteiger partial charge in [-0.05, 0) is 31.1 Å². The molecule has 1 unspecified atom stereocenters. The summed E-state index contributed by atoms with van der Waals surface area (Å²) in [7, 11) is 0. The number of rotatable bonds is 0. The van der Waals surface area contributed by atoms with Gasteiger partial charge in [0, 0.05) is 11.8 Å². The summed E-state index contributed by atoms with van der Waals surface area (Å²) in [6, 6.07) is 8.45. The van der Waals surface area contributed by atoms with Gasteiger partial charge in [0.2, 0.25) is 0 Å². The summed E-state index contributed by atoms with van der Waals surface area (Å²) in [4.78, 5) is 7.16. The Morgan fingerprint density at radius 3 is 3.11 bits per heavy atom. The third kappa shape index (κ3) is 1.10. The Morgan fingerprint density at radius 2 is 2.17 bits per heavy atom. The Kier molecular flexibility index (Phi) is 1.77. The lowest BCUT2D eigenvalue weighted by molar-refractivity contribution is 0.326. The average Bonchev–Trinajstić information content (AvgIpc) is 2.72. The summed E-state index contributed by atoms with van der Waals surface area (Å²) < 4.78 is 0. The first-order chi connectivity index (χ1) is 8.79. The highest BCUT2D eigenvalue weighted by Gasteiger charge is 2.43. The molecular formula is C16H14N2. The largest absolute Gasteiger partial charge is 0.321 e. The van der Waals surface area contributed by atoms with Crippen LogP contribution < -0.4 is 0 Å². The van der Waals surface area contributed by atoms with Crippen LogP contribution in [0.15, 0.2) is 59.4 Å². The second-order valence-electron chi connectivity index (χ2n) is 5.17. The first-order valence-corrected chi connectivity index (χ1v) is 6.32. The Hall–Kier alpha value is -2.09. The Morgan fingerprint density at radius 1 is 1.28 bits per heavy atom. The molecule has 2 heterocycles. The molecule has 0 amide bonds. The van der Waals surface area contributed by atoms with Crippen molar-refractivity contribution in [2.24, 2.45) is 4.99 Å². The second kappa shape index (κ2) is 3.22. The van der Waals surface area contributed by atoms with Crippen molar-refractivity contribution in [3.05, 3.63) is 65.5 Å². The minimum absolute atomic E-state index is 0.00584. The van der Waals surface area contributed by atoms with E-state index in [-0.39, 0.29) is 5.54 Å². The van der Waals surface area contributed by atoms with E-state index in [2.05, 4.69) is 66.6 Å². The number of nitrogens with zero attached hydrogens (tertiary/aromatic N) is 2. The van der Waals surface area contributed by atoms with E-state index in [1.54, 1.807) is 0 Å². The summed E-state index contributed by atoms with van der Waals surface area (Å²) in [5.41, 5.74) is 3.65. The molecule has 18 heavy (non-hydrogen) atoms. The van der Waals surface area contributed by atoms with Gasteiger partial charge in [-0.15, -0.1) is 0 Å². The van der Waals surface area contributed by atoms with E-state index in [0.717, 1.165) is 12.3 Å². The van der Waals surface area contributed by atoms with E-state index >= 15 is 0 Å². The second-order valence-corrected chi connectivity index (χ2v) is 5.17. The first kappa shape index (κ1) is 9.89. The maximum absolute atomic E-state index is 4.85. The molecule has 3 aliphatic rings. The van der Waals surface area contributed by atoms with Gasteiger partial charge in [-0.25, -0.2) is 4.99 Å². The lowest BCUT2D eigenvalue weighted by Crippen LogP contribution is -2.44. The third-order valence-corrected chi connectivity index (χ3v) is 4.05. The van der Waals surface area contributed by atoms with Crippen LogP contribution >= 0.6 is 0 Å². The quantitative estimate of drug-likeness (QED) is 0.672. The van der Waals surface area contributed by atoms with Gasteiger partial charge in [0.1, 0.15) is 5.84 Å². The predicted octanol–water partition coefficient (Wildman–Crippen LogP) is 3.34. The van der Waals surface area contributed by atoms with E-state index < -0.39 is 0 Å². The molecule has 0 aromatic heterocycles. The van der Waals surface area contributed by atoms with E-state index in [4.69, 9.17) is 4.99 Å². The van der Waals surface area contributed by atoms with Gasteiger partial charge in [-0.2, -0.15) is 0 Å². The van der Waals surface area contributed by atoms with Crippen LogP contribution in [0.5, 0.6) is 0 Å². The fourth-order valence-corrected chi connectivity index (χ4v) is 2.95. The minimum Gasteiger partial charge on any atom is -0.321 e.